The Morgan fingerprint density at radius 3 is 2.73 bits per heavy atom. The summed E-state index contributed by atoms with van der Waals surface area (Å²) in [6.45, 7) is 1.53. The second kappa shape index (κ2) is 8.66. The molecule has 158 valence electrons. The number of hydrogen-bond donors (Lipinski definition) is 2. The smallest absolute Gasteiger partial charge is 0.265 e. The summed E-state index contributed by atoms with van der Waals surface area (Å²) in [5, 5.41) is 6.51. The van der Waals surface area contributed by atoms with E-state index in [1.54, 1.807) is 6.07 Å². The first-order valence-corrected chi connectivity index (χ1v) is 10.4. The van der Waals surface area contributed by atoms with Crippen molar-refractivity contribution in [2.45, 2.75) is 43.9 Å². The first-order valence-electron chi connectivity index (χ1n) is 10.4. The Morgan fingerprint density at radius 1 is 1.03 bits per heavy atom. The molecule has 30 heavy (non-hydrogen) atoms. The lowest BCUT2D eigenvalue weighted by atomic mass is 10.1. The topological polar surface area (TPSA) is 70.7 Å². The van der Waals surface area contributed by atoms with E-state index in [1.807, 2.05) is 47.4 Å². The lowest BCUT2D eigenvalue weighted by molar-refractivity contribution is -0.122. The third kappa shape index (κ3) is 4.16. The standard InChI is InChI=1S/C23H25N3O3.ClH/c27-22(21-13-15-4-1-2-7-20(15)29-21)25-18-6-3-5-16(12-18)23(28)26-11-10-17-8-9-19(14-26)24-17;/h1-7,12,17,19,21,24H,8-11,13-14H2,(H,25,27);1H. The molecule has 0 saturated carbocycles. The van der Waals surface area contributed by atoms with Crippen LogP contribution in [0.5, 0.6) is 5.75 Å². The van der Waals surface area contributed by atoms with Crippen LogP contribution in [0.4, 0.5) is 5.69 Å². The molecule has 3 unspecified atom stereocenters. The number of carbonyl (C=O) groups excluding carboxylic acids is 2. The molecule has 3 heterocycles. The molecule has 2 aromatic rings. The van der Waals surface area contributed by atoms with E-state index >= 15 is 0 Å². The van der Waals surface area contributed by atoms with Gasteiger partial charge in [-0.1, -0.05) is 24.3 Å². The van der Waals surface area contributed by atoms with Gasteiger partial charge in [0.25, 0.3) is 11.8 Å². The minimum atomic E-state index is -0.543. The summed E-state index contributed by atoms with van der Waals surface area (Å²) in [6.07, 6.45) is 3.36. The fraction of sp³-hybridized carbons (Fsp3) is 0.391. The van der Waals surface area contributed by atoms with E-state index in [0.29, 0.717) is 29.8 Å². The van der Waals surface area contributed by atoms with Crippen LogP contribution in [0.1, 0.15) is 35.2 Å². The maximum atomic E-state index is 13.0. The summed E-state index contributed by atoms with van der Waals surface area (Å²) in [7, 11) is 0. The van der Waals surface area contributed by atoms with Gasteiger partial charge in [-0.15, -0.1) is 12.4 Å². The molecular formula is C23H26ClN3O3. The van der Waals surface area contributed by atoms with Crippen molar-refractivity contribution in [2.24, 2.45) is 0 Å². The number of carbonyl (C=O) groups is 2. The fourth-order valence-electron chi connectivity index (χ4n) is 4.59. The first-order chi connectivity index (χ1) is 14.2. The summed E-state index contributed by atoms with van der Waals surface area (Å²) in [4.78, 5) is 27.6. The largest absolute Gasteiger partial charge is 0.480 e. The Hall–Kier alpha value is -2.57. The second-order valence-corrected chi connectivity index (χ2v) is 8.17. The Kier molecular flexibility index (Phi) is 5.97. The lowest BCUT2D eigenvalue weighted by Crippen LogP contribution is -2.39. The molecule has 2 bridgehead atoms. The maximum Gasteiger partial charge on any atom is 0.265 e. The average molecular weight is 428 g/mol. The molecule has 2 aromatic carbocycles. The number of benzene rings is 2. The molecular weight excluding hydrogens is 402 g/mol. The van der Waals surface area contributed by atoms with Gasteiger partial charge in [0.05, 0.1) is 0 Å². The van der Waals surface area contributed by atoms with E-state index in [2.05, 4.69) is 10.6 Å². The van der Waals surface area contributed by atoms with Crippen LogP contribution in [0.2, 0.25) is 0 Å². The van der Waals surface area contributed by atoms with Gasteiger partial charge in [0.15, 0.2) is 6.10 Å². The van der Waals surface area contributed by atoms with Gasteiger partial charge in [-0.2, -0.15) is 0 Å². The third-order valence-electron chi connectivity index (χ3n) is 6.13. The molecule has 0 aliphatic carbocycles. The van der Waals surface area contributed by atoms with Gasteiger partial charge in [0.1, 0.15) is 5.75 Å². The monoisotopic (exact) mass is 427 g/mol. The van der Waals surface area contributed by atoms with E-state index in [0.717, 1.165) is 37.2 Å². The molecule has 2 N–H and O–H groups in total. The normalized spacial score (nSPS) is 24.3. The molecule has 2 fully saturated rings. The molecule has 3 aliphatic heterocycles. The van der Waals surface area contributed by atoms with E-state index in [9.17, 15) is 9.59 Å². The highest BCUT2D eigenvalue weighted by Gasteiger charge is 2.32. The number of para-hydroxylation sites is 1. The quantitative estimate of drug-likeness (QED) is 0.790. The van der Waals surface area contributed by atoms with Gasteiger partial charge >= 0.3 is 0 Å². The predicted molar refractivity (Wildman–Crippen MR) is 117 cm³/mol. The van der Waals surface area contributed by atoms with Crippen molar-refractivity contribution in [3.05, 3.63) is 59.7 Å². The number of nitrogens with zero attached hydrogens (tertiary/aromatic N) is 1. The third-order valence-corrected chi connectivity index (χ3v) is 6.13. The van der Waals surface area contributed by atoms with Crippen molar-refractivity contribution < 1.29 is 14.3 Å². The minimum absolute atomic E-state index is 0. The highest BCUT2D eigenvalue weighted by Crippen LogP contribution is 2.29. The summed E-state index contributed by atoms with van der Waals surface area (Å²) in [6, 6.07) is 15.8. The van der Waals surface area contributed by atoms with E-state index < -0.39 is 6.10 Å². The number of likely N-dealkylation sites (tertiary alicyclic amines) is 1. The Balaban J connectivity index is 0.00000218. The summed E-state index contributed by atoms with van der Waals surface area (Å²) < 4.78 is 5.76. The minimum Gasteiger partial charge on any atom is -0.480 e. The zero-order chi connectivity index (χ0) is 19.8. The van der Waals surface area contributed by atoms with Crippen LogP contribution in [0.25, 0.3) is 0 Å². The van der Waals surface area contributed by atoms with Crippen molar-refractivity contribution in [2.75, 3.05) is 18.4 Å². The molecule has 3 aliphatic rings. The van der Waals surface area contributed by atoms with Gasteiger partial charge < -0.3 is 20.3 Å². The molecule has 5 rings (SSSR count). The van der Waals surface area contributed by atoms with Crippen LogP contribution in [0, 0.1) is 0 Å². The van der Waals surface area contributed by atoms with Crippen molar-refractivity contribution in [1.29, 1.82) is 0 Å². The SMILES string of the molecule is Cl.O=C(Nc1cccc(C(=O)N2CCC3CCC(C2)N3)c1)C1Cc2ccccc2O1. The van der Waals surface area contributed by atoms with Crippen LogP contribution in [-0.2, 0) is 11.2 Å². The molecule has 2 saturated heterocycles. The van der Waals surface area contributed by atoms with Crippen molar-refractivity contribution in [1.82, 2.24) is 10.2 Å². The number of hydrogen-bond acceptors (Lipinski definition) is 4. The zero-order valence-corrected chi connectivity index (χ0v) is 17.5. The predicted octanol–water partition coefficient (Wildman–Crippen LogP) is 3.02. The molecule has 2 amide bonds. The first kappa shape index (κ1) is 20.7. The fourth-order valence-corrected chi connectivity index (χ4v) is 4.59. The van der Waals surface area contributed by atoms with E-state index in [-0.39, 0.29) is 24.2 Å². The molecule has 0 aromatic heterocycles. The van der Waals surface area contributed by atoms with Gasteiger partial charge in [0.2, 0.25) is 0 Å². The average Bonchev–Trinajstić information content (AvgIpc) is 3.30. The summed E-state index contributed by atoms with van der Waals surface area (Å²) in [5.41, 5.74) is 2.27. The summed E-state index contributed by atoms with van der Waals surface area (Å²) >= 11 is 0. The van der Waals surface area contributed by atoms with E-state index in [1.165, 1.54) is 6.42 Å². The molecule has 6 nitrogen and oxygen atoms in total. The lowest BCUT2D eigenvalue weighted by Gasteiger charge is -2.24. The van der Waals surface area contributed by atoms with Crippen LogP contribution in [0.15, 0.2) is 48.5 Å². The number of halogens is 1. The van der Waals surface area contributed by atoms with Gasteiger partial charge in [-0.25, -0.2) is 0 Å². The highest BCUT2D eigenvalue weighted by atomic mass is 35.5. The Labute approximate surface area is 182 Å². The van der Waals surface area contributed by atoms with Gasteiger partial charge in [0, 0.05) is 42.8 Å². The van der Waals surface area contributed by atoms with Crippen molar-refractivity contribution in [3.8, 4) is 5.75 Å². The number of ether oxygens (including phenoxy) is 1. The molecule has 7 heteroatoms. The Morgan fingerprint density at radius 2 is 1.87 bits per heavy atom. The zero-order valence-electron chi connectivity index (χ0n) is 16.7. The van der Waals surface area contributed by atoms with Crippen molar-refractivity contribution >= 4 is 29.9 Å². The second-order valence-electron chi connectivity index (χ2n) is 8.17. The van der Waals surface area contributed by atoms with Crippen LogP contribution in [0.3, 0.4) is 0 Å². The van der Waals surface area contributed by atoms with Gasteiger partial charge in [-0.05, 0) is 49.1 Å². The van der Waals surface area contributed by atoms with Crippen LogP contribution < -0.4 is 15.4 Å². The number of rotatable bonds is 3. The number of amides is 2. The highest BCUT2D eigenvalue weighted by molar-refractivity contribution is 5.98. The van der Waals surface area contributed by atoms with Gasteiger partial charge in [-0.3, -0.25) is 9.59 Å². The Bertz CT molecular complexity index is 926. The van der Waals surface area contributed by atoms with Crippen LogP contribution >= 0.6 is 12.4 Å². The molecule has 0 radical (unpaired) electrons. The number of anilines is 1. The van der Waals surface area contributed by atoms with Crippen molar-refractivity contribution in [3.63, 3.8) is 0 Å². The summed E-state index contributed by atoms with van der Waals surface area (Å²) in [5.74, 6) is 0.600. The van der Waals surface area contributed by atoms with E-state index in [4.69, 9.17) is 4.74 Å². The maximum absolute atomic E-state index is 13.0. The molecule has 0 spiro atoms. The number of nitrogens with one attached hydrogen (secondary N) is 2. The van der Waals surface area contributed by atoms with Crippen LogP contribution in [-0.4, -0.2) is 48.0 Å². The number of fused-ring (bicyclic) bond motifs is 3. The molecule has 3 atom stereocenters.